The van der Waals surface area contributed by atoms with Gasteiger partial charge in [-0.2, -0.15) is 5.26 Å². The van der Waals surface area contributed by atoms with Gasteiger partial charge in [0.25, 0.3) is 0 Å². The quantitative estimate of drug-likeness (QED) is 0.576. The normalized spacial score (nSPS) is 10.9. The van der Waals surface area contributed by atoms with Crippen LogP contribution in [0.2, 0.25) is 0 Å². The molecule has 0 fully saturated rings. The second-order valence-corrected chi connectivity index (χ2v) is 3.42. The molecule has 3 N–H and O–H groups in total. The van der Waals surface area contributed by atoms with Crippen molar-refractivity contribution in [2.75, 3.05) is 5.73 Å². The minimum atomic E-state index is 0.491. The Morgan fingerprint density at radius 2 is 2.13 bits per heavy atom. The van der Waals surface area contributed by atoms with E-state index >= 15 is 0 Å². The van der Waals surface area contributed by atoms with E-state index in [4.69, 9.17) is 11.0 Å². The van der Waals surface area contributed by atoms with Crippen LogP contribution in [0.25, 0.3) is 16.7 Å². The van der Waals surface area contributed by atoms with Gasteiger partial charge in [0.15, 0.2) is 0 Å². The Labute approximate surface area is 85.5 Å². The number of nitrogens with two attached hydrogens (primary N) is 1. The molecule has 0 saturated carbocycles. The summed E-state index contributed by atoms with van der Waals surface area (Å²) in [7, 11) is 0. The molecule has 0 aliphatic heterocycles. The fourth-order valence-corrected chi connectivity index (χ4v) is 1.88. The minimum absolute atomic E-state index is 0.491. The highest BCUT2D eigenvalue weighted by Gasteiger charge is 2.10. The molecule has 0 unspecified atom stereocenters. The number of aromatic nitrogens is 2. The molecule has 3 rings (SSSR count). The first kappa shape index (κ1) is 7.94. The predicted octanol–water partition coefficient (Wildman–Crippen LogP) is 1.87. The number of benzene rings is 1. The van der Waals surface area contributed by atoms with Crippen molar-refractivity contribution in [1.29, 1.82) is 5.26 Å². The molecule has 4 nitrogen and oxygen atoms in total. The van der Waals surface area contributed by atoms with E-state index in [0.717, 1.165) is 16.7 Å². The van der Waals surface area contributed by atoms with Gasteiger partial charge in [0.1, 0.15) is 17.5 Å². The van der Waals surface area contributed by atoms with Gasteiger partial charge in [-0.05, 0) is 12.1 Å². The van der Waals surface area contributed by atoms with Gasteiger partial charge in [-0.15, -0.1) is 0 Å². The molecule has 0 radical (unpaired) electrons. The van der Waals surface area contributed by atoms with E-state index in [9.17, 15) is 0 Å². The lowest BCUT2D eigenvalue weighted by atomic mass is 10.3. The summed E-state index contributed by atoms with van der Waals surface area (Å²) in [6.45, 7) is 0. The highest BCUT2D eigenvalue weighted by Crippen LogP contribution is 2.24. The maximum absolute atomic E-state index is 8.85. The minimum Gasteiger partial charge on any atom is -0.384 e. The van der Waals surface area contributed by atoms with Crippen molar-refractivity contribution in [2.24, 2.45) is 0 Å². The van der Waals surface area contributed by atoms with Crippen LogP contribution in [0, 0.1) is 11.3 Å². The maximum Gasteiger partial charge on any atom is 0.127 e. The summed E-state index contributed by atoms with van der Waals surface area (Å²) >= 11 is 0. The summed E-state index contributed by atoms with van der Waals surface area (Å²) < 4.78 is 1.86. The number of H-pyrrole nitrogens is 1. The average molecular weight is 196 g/mol. The Morgan fingerprint density at radius 3 is 2.93 bits per heavy atom. The van der Waals surface area contributed by atoms with E-state index in [0.29, 0.717) is 11.4 Å². The zero-order valence-corrected chi connectivity index (χ0v) is 7.86. The molecule has 3 aromatic rings. The van der Waals surface area contributed by atoms with E-state index in [-0.39, 0.29) is 0 Å². The molecule has 0 bridgehead atoms. The van der Waals surface area contributed by atoms with Crippen molar-refractivity contribution in [1.82, 2.24) is 9.38 Å². The SMILES string of the molecule is N#Cc1cc2[nH]c3ccccc3n2c1N. The molecule has 0 atom stereocenters. The third-order valence-corrected chi connectivity index (χ3v) is 2.57. The van der Waals surface area contributed by atoms with Crippen LogP contribution in [0.15, 0.2) is 30.3 Å². The molecule has 0 spiro atoms. The predicted molar refractivity (Wildman–Crippen MR) is 58.4 cm³/mol. The molecule has 4 heteroatoms. The van der Waals surface area contributed by atoms with Gasteiger partial charge in [-0.1, -0.05) is 12.1 Å². The summed E-state index contributed by atoms with van der Waals surface area (Å²) in [6, 6.07) is 11.7. The summed E-state index contributed by atoms with van der Waals surface area (Å²) in [6.07, 6.45) is 0. The van der Waals surface area contributed by atoms with Gasteiger partial charge >= 0.3 is 0 Å². The van der Waals surface area contributed by atoms with Crippen LogP contribution in [0.3, 0.4) is 0 Å². The molecular weight excluding hydrogens is 188 g/mol. The van der Waals surface area contributed by atoms with Crippen LogP contribution in [0.5, 0.6) is 0 Å². The van der Waals surface area contributed by atoms with E-state index in [2.05, 4.69) is 11.1 Å². The molecule has 0 amide bonds. The van der Waals surface area contributed by atoms with Crippen LogP contribution in [0.4, 0.5) is 5.82 Å². The summed E-state index contributed by atoms with van der Waals surface area (Å²) in [5, 5.41) is 8.85. The Bertz CT molecular complexity index is 696. The number of imidazole rings is 1. The average Bonchev–Trinajstić information content (AvgIpc) is 2.75. The highest BCUT2D eigenvalue weighted by molar-refractivity contribution is 5.84. The second kappa shape index (κ2) is 2.55. The number of rotatable bonds is 0. The number of aromatic amines is 1. The zero-order chi connectivity index (χ0) is 10.4. The van der Waals surface area contributed by atoms with Crippen molar-refractivity contribution in [3.8, 4) is 6.07 Å². The Balaban J connectivity index is 2.58. The van der Waals surface area contributed by atoms with E-state index in [1.54, 1.807) is 6.07 Å². The third-order valence-electron chi connectivity index (χ3n) is 2.57. The van der Waals surface area contributed by atoms with Crippen LogP contribution in [0.1, 0.15) is 5.56 Å². The first-order valence-electron chi connectivity index (χ1n) is 4.59. The molecule has 2 aromatic heterocycles. The number of para-hydroxylation sites is 2. The Hall–Kier alpha value is -2.41. The number of nitrogen functional groups attached to an aromatic ring is 1. The van der Waals surface area contributed by atoms with Gasteiger partial charge in [-0.3, -0.25) is 4.40 Å². The van der Waals surface area contributed by atoms with Crippen molar-refractivity contribution < 1.29 is 0 Å². The first-order chi connectivity index (χ1) is 7.31. The molecule has 0 aliphatic carbocycles. The van der Waals surface area contributed by atoms with E-state index in [1.807, 2.05) is 28.7 Å². The molecule has 0 aliphatic rings. The fraction of sp³-hybridized carbons (Fsp3) is 0. The van der Waals surface area contributed by atoms with Gasteiger partial charge in [0.05, 0.1) is 16.6 Å². The summed E-state index contributed by atoms with van der Waals surface area (Å²) in [5.41, 5.74) is 9.25. The standard InChI is InChI=1S/C11H8N4/c12-6-7-5-10-14-8-3-1-2-4-9(8)15(10)11(7)13/h1-5,14H,13H2. The number of anilines is 1. The lowest BCUT2D eigenvalue weighted by Gasteiger charge is -1.94. The van der Waals surface area contributed by atoms with E-state index < -0.39 is 0 Å². The van der Waals surface area contributed by atoms with Gasteiger partial charge < -0.3 is 10.7 Å². The molecule has 2 heterocycles. The summed E-state index contributed by atoms with van der Waals surface area (Å²) in [4.78, 5) is 3.21. The van der Waals surface area contributed by atoms with Gasteiger partial charge in [0.2, 0.25) is 0 Å². The van der Waals surface area contributed by atoms with Crippen LogP contribution < -0.4 is 5.73 Å². The van der Waals surface area contributed by atoms with Gasteiger partial charge in [0, 0.05) is 6.07 Å². The fourth-order valence-electron chi connectivity index (χ4n) is 1.88. The lowest BCUT2D eigenvalue weighted by Crippen LogP contribution is -1.92. The van der Waals surface area contributed by atoms with Gasteiger partial charge in [-0.25, -0.2) is 0 Å². The maximum atomic E-state index is 8.85. The number of nitrogens with zero attached hydrogens (tertiary/aromatic N) is 2. The molecule has 72 valence electrons. The lowest BCUT2D eigenvalue weighted by molar-refractivity contribution is 1.28. The third kappa shape index (κ3) is 0.891. The molecule has 1 aromatic carbocycles. The topological polar surface area (TPSA) is 70.0 Å². The van der Waals surface area contributed by atoms with Crippen LogP contribution in [-0.4, -0.2) is 9.38 Å². The number of hydrogen-bond acceptors (Lipinski definition) is 2. The van der Waals surface area contributed by atoms with Crippen molar-refractivity contribution in [2.45, 2.75) is 0 Å². The van der Waals surface area contributed by atoms with Crippen LogP contribution in [-0.2, 0) is 0 Å². The molecule has 15 heavy (non-hydrogen) atoms. The van der Waals surface area contributed by atoms with Crippen molar-refractivity contribution in [3.63, 3.8) is 0 Å². The molecular formula is C11H8N4. The first-order valence-corrected chi connectivity index (χ1v) is 4.59. The number of nitriles is 1. The Morgan fingerprint density at radius 1 is 1.33 bits per heavy atom. The highest BCUT2D eigenvalue weighted by atomic mass is 15.1. The number of hydrogen-bond donors (Lipinski definition) is 2. The number of nitrogens with one attached hydrogen (secondary N) is 1. The van der Waals surface area contributed by atoms with Crippen molar-refractivity contribution in [3.05, 3.63) is 35.9 Å². The monoisotopic (exact) mass is 196 g/mol. The van der Waals surface area contributed by atoms with Crippen LogP contribution >= 0.6 is 0 Å². The smallest absolute Gasteiger partial charge is 0.127 e. The Kier molecular flexibility index (Phi) is 1.35. The largest absolute Gasteiger partial charge is 0.384 e. The molecule has 0 saturated heterocycles. The number of fused-ring (bicyclic) bond motifs is 3. The zero-order valence-electron chi connectivity index (χ0n) is 7.86. The second-order valence-electron chi connectivity index (χ2n) is 3.42. The van der Waals surface area contributed by atoms with E-state index in [1.165, 1.54) is 0 Å². The summed E-state index contributed by atoms with van der Waals surface area (Å²) in [5.74, 6) is 0.491. The van der Waals surface area contributed by atoms with Crippen molar-refractivity contribution >= 4 is 22.5 Å².